The fraction of sp³-hybridized carbons (Fsp3) is 0.0714. The highest BCUT2D eigenvalue weighted by Gasteiger charge is 2.37. The Labute approximate surface area is 278 Å². The molecule has 46 heavy (non-hydrogen) atoms. The molecular formula is C42H29N3S. The van der Waals surface area contributed by atoms with Crippen molar-refractivity contribution >= 4 is 31.5 Å². The van der Waals surface area contributed by atoms with Crippen LogP contribution in [0.3, 0.4) is 0 Å². The molecule has 0 aliphatic heterocycles. The monoisotopic (exact) mass is 612 g/mol. The normalized spacial score (nSPS) is 14.7. The van der Waals surface area contributed by atoms with Gasteiger partial charge in [0.1, 0.15) is 0 Å². The van der Waals surface area contributed by atoms with E-state index < -0.39 is 6.04 Å². The standard InChI is InChI=1S/C42H29N3S/c1-42(2)33-23-10-9-18-29(33)36-31(21-12-24-34(36)42)40-43-39(27-16-7-4-8-17-27)44-41(45-40)32-22-13-25-35-37(32)30-20-11-19-28(38(30)46-35)26-14-5-3-6-15-26/h3-25H,1-2H3/i3D,5D,6D,14D,15D. The van der Waals surface area contributed by atoms with E-state index in [1.54, 1.807) is 0 Å². The van der Waals surface area contributed by atoms with Crippen molar-refractivity contribution in [2.45, 2.75) is 19.3 Å². The summed E-state index contributed by atoms with van der Waals surface area (Å²) in [4.78, 5) is 15.4. The van der Waals surface area contributed by atoms with E-state index in [0.29, 0.717) is 23.0 Å². The predicted molar refractivity (Wildman–Crippen MR) is 192 cm³/mol. The number of hydrogen-bond acceptors (Lipinski definition) is 4. The van der Waals surface area contributed by atoms with Gasteiger partial charge >= 0.3 is 0 Å². The maximum atomic E-state index is 8.70. The van der Waals surface area contributed by atoms with Gasteiger partial charge in [-0.15, -0.1) is 11.3 Å². The van der Waals surface area contributed by atoms with Gasteiger partial charge in [-0.2, -0.15) is 0 Å². The van der Waals surface area contributed by atoms with Crippen LogP contribution >= 0.6 is 11.3 Å². The second-order valence-electron chi connectivity index (χ2n) is 12.0. The summed E-state index contributed by atoms with van der Waals surface area (Å²) in [5.41, 5.74) is 8.07. The van der Waals surface area contributed by atoms with Crippen molar-refractivity contribution in [2.75, 3.05) is 0 Å². The van der Waals surface area contributed by atoms with Crippen LogP contribution in [0.2, 0.25) is 0 Å². The van der Waals surface area contributed by atoms with Gasteiger partial charge in [-0.1, -0.05) is 147 Å². The van der Waals surface area contributed by atoms with Gasteiger partial charge in [0, 0.05) is 42.3 Å². The molecule has 0 saturated heterocycles. The first kappa shape index (κ1) is 22.1. The Bertz CT molecular complexity index is 2710. The van der Waals surface area contributed by atoms with Crippen LogP contribution in [0.4, 0.5) is 0 Å². The number of benzene rings is 6. The summed E-state index contributed by atoms with van der Waals surface area (Å²) in [5.74, 6) is 1.68. The first-order valence-electron chi connectivity index (χ1n) is 17.7. The summed E-state index contributed by atoms with van der Waals surface area (Å²) in [6.07, 6.45) is 0. The Hall–Kier alpha value is -5.45. The van der Waals surface area contributed by atoms with Crippen molar-refractivity contribution < 1.29 is 6.85 Å². The van der Waals surface area contributed by atoms with Crippen molar-refractivity contribution in [3.63, 3.8) is 0 Å². The van der Waals surface area contributed by atoms with Crippen LogP contribution in [0.1, 0.15) is 31.8 Å². The lowest BCUT2D eigenvalue weighted by Gasteiger charge is -2.21. The molecule has 3 nitrogen and oxygen atoms in total. The number of fused-ring (bicyclic) bond motifs is 6. The number of rotatable bonds is 4. The van der Waals surface area contributed by atoms with Gasteiger partial charge in [-0.25, -0.2) is 15.0 Å². The third kappa shape index (κ3) is 4.07. The summed E-state index contributed by atoms with van der Waals surface area (Å²) < 4.78 is 43.9. The summed E-state index contributed by atoms with van der Waals surface area (Å²) in [7, 11) is 0. The lowest BCUT2D eigenvalue weighted by Crippen LogP contribution is -2.14. The molecular weight excluding hydrogens is 579 g/mol. The third-order valence-electron chi connectivity index (χ3n) is 9.05. The van der Waals surface area contributed by atoms with Crippen LogP contribution in [0.25, 0.3) is 76.6 Å². The largest absolute Gasteiger partial charge is 0.208 e. The van der Waals surface area contributed by atoms with E-state index in [2.05, 4.69) is 56.3 Å². The Balaban J connectivity index is 1.32. The van der Waals surface area contributed by atoms with Gasteiger partial charge in [-0.05, 0) is 39.4 Å². The van der Waals surface area contributed by atoms with E-state index in [0.717, 1.165) is 42.4 Å². The molecule has 8 aromatic rings. The maximum Gasteiger partial charge on any atom is 0.164 e. The van der Waals surface area contributed by atoms with Crippen molar-refractivity contribution in [3.05, 3.63) is 151 Å². The highest BCUT2D eigenvalue weighted by atomic mass is 32.1. The smallest absolute Gasteiger partial charge is 0.164 e. The van der Waals surface area contributed by atoms with E-state index >= 15 is 0 Å². The summed E-state index contributed by atoms with van der Waals surface area (Å²) in [6.45, 7) is 4.52. The average Bonchev–Trinajstić information content (AvgIpc) is 3.66. The van der Waals surface area contributed by atoms with E-state index in [4.69, 9.17) is 21.8 Å². The van der Waals surface area contributed by atoms with Gasteiger partial charge in [0.15, 0.2) is 17.5 Å². The highest BCUT2D eigenvalue weighted by molar-refractivity contribution is 7.26. The van der Waals surface area contributed by atoms with E-state index in [-0.39, 0.29) is 35.1 Å². The third-order valence-corrected chi connectivity index (χ3v) is 10.3. The van der Waals surface area contributed by atoms with E-state index in [1.165, 1.54) is 28.0 Å². The Morgan fingerprint density at radius 2 is 1.17 bits per heavy atom. The molecule has 0 amide bonds. The van der Waals surface area contributed by atoms with Crippen molar-refractivity contribution in [3.8, 4) is 56.4 Å². The van der Waals surface area contributed by atoms with Crippen LogP contribution in [0.5, 0.6) is 0 Å². The topological polar surface area (TPSA) is 38.7 Å². The quantitative estimate of drug-likeness (QED) is 0.198. The van der Waals surface area contributed by atoms with Gasteiger partial charge in [0.2, 0.25) is 0 Å². The molecule has 1 aliphatic rings. The van der Waals surface area contributed by atoms with Crippen molar-refractivity contribution in [1.82, 2.24) is 15.0 Å². The molecule has 0 N–H and O–H groups in total. The first-order chi connectivity index (χ1) is 24.6. The lowest BCUT2D eigenvalue weighted by molar-refractivity contribution is 0.660. The Morgan fingerprint density at radius 3 is 2.02 bits per heavy atom. The van der Waals surface area contributed by atoms with Gasteiger partial charge in [0.25, 0.3) is 0 Å². The zero-order valence-corrected chi connectivity index (χ0v) is 26.0. The Morgan fingerprint density at radius 1 is 0.543 bits per heavy atom. The molecule has 0 saturated carbocycles. The fourth-order valence-electron chi connectivity index (χ4n) is 6.89. The number of nitrogens with zero attached hydrogens (tertiary/aromatic N) is 3. The van der Waals surface area contributed by atoms with Crippen molar-refractivity contribution in [1.29, 1.82) is 0 Å². The summed E-state index contributed by atoms with van der Waals surface area (Å²) in [6, 6.07) is 35.1. The SMILES string of the molecule is [2H]c1c([2H])c([2H])c(-c2cccc3c2sc2cccc(-c4nc(-c5ccccc5)nc(-c5cccc6c5-c5ccccc5C6(C)C)n4)c23)c([2H])c1[2H]. The molecule has 2 aromatic heterocycles. The zero-order valence-electron chi connectivity index (χ0n) is 30.1. The van der Waals surface area contributed by atoms with Crippen molar-refractivity contribution in [2.24, 2.45) is 0 Å². The van der Waals surface area contributed by atoms with Crippen LogP contribution in [0, 0.1) is 0 Å². The molecule has 218 valence electrons. The van der Waals surface area contributed by atoms with E-state index in [9.17, 15) is 0 Å². The number of aromatic nitrogens is 3. The zero-order chi connectivity index (χ0) is 35.2. The summed E-state index contributed by atoms with van der Waals surface area (Å²) >= 11 is 1.53. The maximum absolute atomic E-state index is 8.70. The summed E-state index contributed by atoms with van der Waals surface area (Å²) in [5, 5.41) is 1.84. The molecule has 0 spiro atoms. The minimum absolute atomic E-state index is 0.181. The number of thiophene rings is 1. The van der Waals surface area contributed by atoms with Gasteiger partial charge < -0.3 is 0 Å². The molecule has 9 rings (SSSR count). The van der Waals surface area contributed by atoms with Crippen LogP contribution in [-0.2, 0) is 5.41 Å². The van der Waals surface area contributed by atoms with E-state index in [1.807, 2.05) is 66.7 Å². The highest BCUT2D eigenvalue weighted by Crippen LogP contribution is 2.52. The lowest BCUT2D eigenvalue weighted by atomic mass is 9.82. The minimum Gasteiger partial charge on any atom is -0.208 e. The van der Waals surface area contributed by atoms with Crippen LogP contribution in [0.15, 0.2) is 139 Å². The molecule has 0 bridgehead atoms. The van der Waals surface area contributed by atoms with Crippen LogP contribution in [-0.4, -0.2) is 15.0 Å². The number of hydrogen-bond donors (Lipinski definition) is 0. The Kier molecular flexibility index (Phi) is 4.95. The average molecular weight is 613 g/mol. The molecule has 0 atom stereocenters. The molecule has 2 heterocycles. The molecule has 0 unspecified atom stereocenters. The van der Waals surface area contributed by atoms with Crippen LogP contribution < -0.4 is 0 Å². The second kappa shape index (κ2) is 10.3. The molecule has 0 radical (unpaired) electrons. The second-order valence-corrected chi connectivity index (χ2v) is 13.1. The molecule has 6 aromatic carbocycles. The minimum atomic E-state index is -0.407. The molecule has 1 aliphatic carbocycles. The molecule has 4 heteroatoms. The fourth-order valence-corrected chi connectivity index (χ4v) is 8.14. The first-order valence-corrected chi connectivity index (χ1v) is 16.0. The predicted octanol–water partition coefficient (Wildman–Crippen LogP) is 11.2. The molecule has 0 fully saturated rings. The van der Waals surface area contributed by atoms with Gasteiger partial charge in [0.05, 0.1) is 6.85 Å². The van der Waals surface area contributed by atoms with Gasteiger partial charge in [-0.3, -0.25) is 0 Å².